The van der Waals surface area contributed by atoms with Crippen molar-refractivity contribution in [2.45, 2.75) is 6.61 Å². The summed E-state index contributed by atoms with van der Waals surface area (Å²) in [5.74, 6) is -0.546. The Bertz CT molecular complexity index is 808. The van der Waals surface area contributed by atoms with Crippen LogP contribution >= 0.6 is 11.3 Å². The van der Waals surface area contributed by atoms with Crippen molar-refractivity contribution in [2.24, 2.45) is 0 Å². The molecule has 0 atom stereocenters. The minimum absolute atomic E-state index is 0.0831. The van der Waals surface area contributed by atoms with Gasteiger partial charge in [0, 0.05) is 5.56 Å². The van der Waals surface area contributed by atoms with Gasteiger partial charge >= 0.3 is 0 Å². The van der Waals surface area contributed by atoms with Crippen molar-refractivity contribution in [1.82, 2.24) is 10.2 Å². The van der Waals surface area contributed by atoms with Gasteiger partial charge in [0.25, 0.3) is 5.91 Å². The molecule has 0 fully saturated rings. The fraction of sp³-hybridized carbons (Fsp3) is 0.0625. The van der Waals surface area contributed by atoms with Gasteiger partial charge in [-0.2, -0.15) is 0 Å². The first-order valence-electron chi connectivity index (χ1n) is 6.78. The molecule has 7 heteroatoms. The number of carbonyl (C=O) groups excluding carboxylic acids is 1. The normalized spacial score (nSPS) is 10.3. The molecule has 3 rings (SSSR count). The van der Waals surface area contributed by atoms with Gasteiger partial charge in [0.2, 0.25) is 5.13 Å². The number of amides is 1. The average molecular weight is 329 g/mol. The fourth-order valence-electron chi connectivity index (χ4n) is 1.82. The fourth-order valence-corrected chi connectivity index (χ4v) is 2.47. The van der Waals surface area contributed by atoms with Gasteiger partial charge in [0.1, 0.15) is 6.61 Å². The molecule has 0 saturated carbocycles. The molecule has 23 heavy (non-hydrogen) atoms. The zero-order valence-electron chi connectivity index (χ0n) is 11.9. The van der Waals surface area contributed by atoms with E-state index >= 15 is 0 Å². The maximum absolute atomic E-state index is 13.4. The molecule has 1 amide bonds. The lowest BCUT2D eigenvalue weighted by Gasteiger charge is -2.03. The molecule has 0 bridgehead atoms. The number of para-hydroxylation sites is 1. The Morgan fingerprint density at radius 3 is 2.61 bits per heavy atom. The Hall–Kier alpha value is -2.80. The predicted molar refractivity (Wildman–Crippen MR) is 85.0 cm³/mol. The molecule has 0 spiro atoms. The molecule has 0 aliphatic carbocycles. The number of nitrogens with one attached hydrogen (secondary N) is 1. The molecule has 0 saturated heterocycles. The van der Waals surface area contributed by atoms with E-state index in [0.717, 1.165) is 0 Å². The Morgan fingerprint density at radius 2 is 1.83 bits per heavy atom. The van der Waals surface area contributed by atoms with Crippen LogP contribution in [0.25, 0.3) is 0 Å². The van der Waals surface area contributed by atoms with Gasteiger partial charge in [-0.05, 0) is 24.3 Å². The summed E-state index contributed by atoms with van der Waals surface area (Å²) in [6.07, 6.45) is 0. The highest BCUT2D eigenvalue weighted by molar-refractivity contribution is 7.15. The van der Waals surface area contributed by atoms with Crippen LogP contribution in [0.5, 0.6) is 5.75 Å². The van der Waals surface area contributed by atoms with Crippen LogP contribution < -0.4 is 10.1 Å². The molecule has 0 aliphatic heterocycles. The quantitative estimate of drug-likeness (QED) is 0.778. The van der Waals surface area contributed by atoms with Gasteiger partial charge in [-0.25, -0.2) is 4.39 Å². The van der Waals surface area contributed by atoms with E-state index < -0.39 is 5.82 Å². The third-order valence-electron chi connectivity index (χ3n) is 2.91. The number of anilines is 1. The van der Waals surface area contributed by atoms with E-state index in [1.54, 1.807) is 36.4 Å². The SMILES string of the molecule is O=C(Nc1nnc(COc2ccccc2F)s1)c1ccccc1. The van der Waals surface area contributed by atoms with E-state index in [2.05, 4.69) is 15.5 Å². The number of aromatic nitrogens is 2. The van der Waals surface area contributed by atoms with Crippen molar-refractivity contribution in [2.75, 3.05) is 5.32 Å². The molecule has 3 aromatic rings. The largest absolute Gasteiger partial charge is 0.483 e. The first kappa shape index (κ1) is 15.1. The summed E-state index contributed by atoms with van der Waals surface area (Å²) in [4.78, 5) is 12.0. The van der Waals surface area contributed by atoms with E-state index in [-0.39, 0.29) is 18.3 Å². The minimum atomic E-state index is -0.436. The number of hydrogen-bond acceptors (Lipinski definition) is 5. The summed E-state index contributed by atoms with van der Waals surface area (Å²) in [5.41, 5.74) is 0.534. The molecule has 2 aromatic carbocycles. The number of nitrogens with zero attached hydrogens (tertiary/aromatic N) is 2. The van der Waals surface area contributed by atoms with Crippen LogP contribution in [0.4, 0.5) is 9.52 Å². The number of carbonyl (C=O) groups is 1. The monoisotopic (exact) mass is 329 g/mol. The Labute approximate surface area is 135 Å². The van der Waals surface area contributed by atoms with Crippen LogP contribution in [0.2, 0.25) is 0 Å². The van der Waals surface area contributed by atoms with Gasteiger partial charge < -0.3 is 4.74 Å². The summed E-state index contributed by atoms with van der Waals surface area (Å²) >= 11 is 1.18. The first-order valence-corrected chi connectivity index (χ1v) is 7.60. The minimum Gasteiger partial charge on any atom is -0.483 e. The summed E-state index contributed by atoms with van der Waals surface area (Å²) in [6.45, 7) is 0.0831. The second-order valence-electron chi connectivity index (χ2n) is 4.54. The highest BCUT2D eigenvalue weighted by atomic mass is 32.1. The van der Waals surface area contributed by atoms with Gasteiger partial charge in [-0.1, -0.05) is 41.7 Å². The topological polar surface area (TPSA) is 64.1 Å². The molecular formula is C16H12FN3O2S. The Morgan fingerprint density at radius 1 is 1.09 bits per heavy atom. The first-order chi connectivity index (χ1) is 11.2. The lowest BCUT2D eigenvalue weighted by molar-refractivity contribution is 0.102. The van der Waals surface area contributed by atoms with E-state index in [1.807, 2.05) is 6.07 Å². The van der Waals surface area contributed by atoms with Crippen LogP contribution in [-0.4, -0.2) is 16.1 Å². The number of hydrogen-bond donors (Lipinski definition) is 1. The van der Waals surface area contributed by atoms with Crippen molar-refractivity contribution >= 4 is 22.4 Å². The highest BCUT2D eigenvalue weighted by Gasteiger charge is 2.11. The highest BCUT2D eigenvalue weighted by Crippen LogP contribution is 2.20. The van der Waals surface area contributed by atoms with Crippen molar-refractivity contribution < 1.29 is 13.9 Å². The summed E-state index contributed by atoms with van der Waals surface area (Å²) < 4.78 is 18.8. The van der Waals surface area contributed by atoms with Crippen LogP contribution in [-0.2, 0) is 6.61 Å². The van der Waals surface area contributed by atoms with Gasteiger partial charge in [0.05, 0.1) is 0 Å². The molecule has 1 aromatic heterocycles. The van der Waals surface area contributed by atoms with Crippen LogP contribution in [0.3, 0.4) is 0 Å². The lowest BCUT2D eigenvalue weighted by Crippen LogP contribution is -2.11. The van der Waals surface area contributed by atoms with E-state index in [4.69, 9.17) is 4.74 Å². The van der Waals surface area contributed by atoms with Crippen molar-refractivity contribution in [3.05, 3.63) is 71.0 Å². The molecule has 116 valence electrons. The summed E-state index contributed by atoms with van der Waals surface area (Å²) in [7, 11) is 0. The van der Waals surface area contributed by atoms with Crippen LogP contribution in [0, 0.1) is 5.82 Å². The molecule has 1 N–H and O–H groups in total. The summed E-state index contributed by atoms with van der Waals surface area (Å²) in [5, 5.41) is 11.4. The van der Waals surface area contributed by atoms with Crippen LogP contribution in [0.15, 0.2) is 54.6 Å². The predicted octanol–water partition coefficient (Wildman–Crippen LogP) is 3.51. The number of ether oxygens (including phenoxy) is 1. The second kappa shape index (κ2) is 6.97. The van der Waals surface area contributed by atoms with Crippen molar-refractivity contribution in [3.63, 3.8) is 0 Å². The van der Waals surface area contributed by atoms with Crippen molar-refractivity contribution in [3.8, 4) is 5.75 Å². The maximum Gasteiger partial charge on any atom is 0.257 e. The Balaban J connectivity index is 1.60. The van der Waals surface area contributed by atoms with E-state index in [9.17, 15) is 9.18 Å². The average Bonchev–Trinajstić information content (AvgIpc) is 3.02. The van der Waals surface area contributed by atoms with Gasteiger partial charge in [-0.15, -0.1) is 10.2 Å². The summed E-state index contributed by atoms with van der Waals surface area (Å²) in [6, 6.07) is 14.9. The molecular weight excluding hydrogens is 317 g/mol. The van der Waals surface area contributed by atoms with E-state index in [1.165, 1.54) is 23.5 Å². The number of benzene rings is 2. The molecule has 5 nitrogen and oxygen atoms in total. The number of rotatable bonds is 5. The molecule has 0 radical (unpaired) electrons. The second-order valence-corrected chi connectivity index (χ2v) is 5.60. The standard InChI is InChI=1S/C16H12FN3O2S/c17-12-8-4-5-9-13(12)22-10-14-19-20-16(23-14)18-15(21)11-6-2-1-3-7-11/h1-9H,10H2,(H,18,20,21). The lowest BCUT2D eigenvalue weighted by atomic mass is 10.2. The van der Waals surface area contributed by atoms with Crippen molar-refractivity contribution in [1.29, 1.82) is 0 Å². The van der Waals surface area contributed by atoms with Gasteiger partial charge in [0.15, 0.2) is 16.6 Å². The Kier molecular flexibility index (Phi) is 4.58. The van der Waals surface area contributed by atoms with Crippen LogP contribution in [0.1, 0.15) is 15.4 Å². The zero-order chi connectivity index (χ0) is 16.1. The molecule has 0 aliphatic rings. The third kappa shape index (κ3) is 3.89. The number of halogens is 1. The molecule has 1 heterocycles. The molecule has 0 unspecified atom stereocenters. The smallest absolute Gasteiger partial charge is 0.257 e. The van der Waals surface area contributed by atoms with E-state index in [0.29, 0.717) is 15.7 Å². The van der Waals surface area contributed by atoms with Gasteiger partial charge in [-0.3, -0.25) is 10.1 Å². The zero-order valence-corrected chi connectivity index (χ0v) is 12.7. The maximum atomic E-state index is 13.4. The third-order valence-corrected chi connectivity index (χ3v) is 3.72.